The summed E-state index contributed by atoms with van der Waals surface area (Å²) in [4.78, 5) is 0. The summed E-state index contributed by atoms with van der Waals surface area (Å²) in [6, 6.07) is 4.12. The summed E-state index contributed by atoms with van der Waals surface area (Å²) in [6.07, 6.45) is 3.94. The second-order valence-corrected chi connectivity index (χ2v) is 2.61. The van der Waals surface area contributed by atoms with E-state index in [0.29, 0.717) is 25.9 Å². The number of nitrogens with zero attached hydrogens (tertiary/aromatic N) is 6. The largest absolute Gasteiger partial charge is 0.308 e. The van der Waals surface area contributed by atoms with Crippen LogP contribution in [-0.4, -0.2) is 28.0 Å². The van der Waals surface area contributed by atoms with Gasteiger partial charge in [-0.15, -0.1) is 10.2 Å². The Morgan fingerprint density at radius 2 is 1.57 bits per heavy atom. The summed E-state index contributed by atoms with van der Waals surface area (Å²) < 4.78 is 1.69. The van der Waals surface area contributed by atoms with Crippen LogP contribution in [0.15, 0.2) is 12.7 Å². The second-order valence-electron chi connectivity index (χ2n) is 2.61. The maximum atomic E-state index is 8.46. The van der Waals surface area contributed by atoms with E-state index in [1.807, 2.05) is 5.01 Å². The van der Waals surface area contributed by atoms with Crippen molar-refractivity contribution in [3.05, 3.63) is 12.7 Å². The Balaban J connectivity index is 2.54. The molecule has 6 nitrogen and oxygen atoms in total. The van der Waals surface area contributed by atoms with Gasteiger partial charge in [-0.3, -0.25) is 0 Å². The smallest absolute Gasteiger partial charge is 0.139 e. The van der Waals surface area contributed by atoms with Gasteiger partial charge in [-0.2, -0.15) is 10.5 Å². The molecule has 0 aromatic carbocycles. The number of hydrogen-bond acceptors (Lipinski definition) is 5. The molecule has 0 spiro atoms. The van der Waals surface area contributed by atoms with E-state index in [9.17, 15) is 0 Å². The number of rotatable bonds is 5. The highest BCUT2D eigenvalue weighted by Gasteiger charge is 2.03. The number of nitriles is 2. The molecule has 6 heteroatoms. The molecular formula is C8H10N6. The molecule has 0 radical (unpaired) electrons. The monoisotopic (exact) mass is 190 g/mol. The average Bonchev–Trinajstić information content (AvgIpc) is 2.71. The standard InChI is InChI=1S/C8H10N6/c9-3-1-5-13(6-2-4-10)14-7-11-12-8-14/h7-8H,1-2,5-6H2. The molecule has 0 fully saturated rings. The molecule has 0 unspecified atom stereocenters. The normalized spacial score (nSPS) is 9.00. The van der Waals surface area contributed by atoms with E-state index in [0.717, 1.165) is 0 Å². The van der Waals surface area contributed by atoms with Crippen LogP contribution >= 0.6 is 0 Å². The lowest BCUT2D eigenvalue weighted by molar-refractivity contribution is 0.589. The molecule has 1 heterocycles. The molecule has 0 N–H and O–H groups in total. The molecule has 1 aromatic heterocycles. The van der Waals surface area contributed by atoms with E-state index < -0.39 is 0 Å². The van der Waals surface area contributed by atoms with Crippen molar-refractivity contribution < 1.29 is 0 Å². The van der Waals surface area contributed by atoms with Crippen LogP contribution in [0.4, 0.5) is 0 Å². The van der Waals surface area contributed by atoms with Gasteiger partial charge in [-0.25, -0.2) is 4.68 Å². The molecule has 0 aliphatic carbocycles. The van der Waals surface area contributed by atoms with Crippen LogP contribution in [0.25, 0.3) is 0 Å². The summed E-state index contributed by atoms with van der Waals surface area (Å²) >= 11 is 0. The van der Waals surface area contributed by atoms with Crippen LogP contribution in [0, 0.1) is 22.7 Å². The SMILES string of the molecule is N#CCCN(CCC#N)n1cnnc1. The van der Waals surface area contributed by atoms with E-state index in [-0.39, 0.29) is 0 Å². The van der Waals surface area contributed by atoms with Crippen LogP contribution in [-0.2, 0) is 0 Å². The molecule has 0 bridgehead atoms. The third kappa shape index (κ3) is 2.76. The van der Waals surface area contributed by atoms with Gasteiger partial charge in [0.1, 0.15) is 12.7 Å². The summed E-state index contributed by atoms with van der Waals surface area (Å²) in [6.45, 7) is 1.16. The Kier molecular flexibility index (Phi) is 3.96. The highest BCUT2D eigenvalue weighted by molar-refractivity contribution is 4.91. The molecule has 1 aromatic rings. The van der Waals surface area contributed by atoms with Crippen LogP contribution in [0.2, 0.25) is 0 Å². The Hall–Kier alpha value is -2.08. The minimum absolute atomic E-state index is 0.420. The van der Waals surface area contributed by atoms with Crippen molar-refractivity contribution in [2.24, 2.45) is 0 Å². The minimum atomic E-state index is 0.420. The second kappa shape index (κ2) is 5.55. The van der Waals surface area contributed by atoms with Crippen LogP contribution in [0.1, 0.15) is 12.8 Å². The predicted molar refractivity (Wildman–Crippen MR) is 48.4 cm³/mol. The van der Waals surface area contributed by atoms with Gasteiger partial charge in [-0.05, 0) is 0 Å². The van der Waals surface area contributed by atoms with E-state index in [2.05, 4.69) is 22.3 Å². The molecule has 0 saturated heterocycles. The van der Waals surface area contributed by atoms with Crippen molar-refractivity contribution in [3.8, 4) is 12.1 Å². The van der Waals surface area contributed by atoms with E-state index in [1.54, 1.807) is 17.3 Å². The zero-order valence-electron chi connectivity index (χ0n) is 7.67. The van der Waals surface area contributed by atoms with Gasteiger partial charge >= 0.3 is 0 Å². The number of hydrogen-bond donors (Lipinski definition) is 0. The molecule has 0 aliphatic rings. The fraction of sp³-hybridized carbons (Fsp3) is 0.500. The van der Waals surface area contributed by atoms with Crippen molar-refractivity contribution in [3.63, 3.8) is 0 Å². The third-order valence-electron chi connectivity index (χ3n) is 1.70. The van der Waals surface area contributed by atoms with Crippen LogP contribution < -0.4 is 5.01 Å². The molecule has 14 heavy (non-hydrogen) atoms. The van der Waals surface area contributed by atoms with Crippen molar-refractivity contribution in [2.45, 2.75) is 12.8 Å². The predicted octanol–water partition coefficient (Wildman–Crippen LogP) is 0.0435. The lowest BCUT2D eigenvalue weighted by atomic mass is 10.4. The third-order valence-corrected chi connectivity index (χ3v) is 1.70. The maximum absolute atomic E-state index is 8.46. The van der Waals surface area contributed by atoms with Crippen molar-refractivity contribution in [1.29, 1.82) is 10.5 Å². The highest BCUT2D eigenvalue weighted by Crippen LogP contribution is 1.93. The van der Waals surface area contributed by atoms with E-state index in [4.69, 9.17) is 10.5 Å². The first-order valence-corrected chi connectivity index (χ1v) is 4.22. The van der Waals surface area contributed by atoms with Gasteiger partial charge in [0.25, 0.3) is 0 Å². The van der Waals surface area contributed by atoms with Crippen molar-refractivity contribution >= 4 is 0 Å². The molecular weight excluding hydrogens is 180 g/mol. The van der Waals surface area contributed by atoms with Crippen molar-refractivity contribution in [2.75, 3.05) is 18.1 Å². The summed E-state index contributed by atoms with van der Waals surface area (Å²) in [5, 5.41) is 26.1. The van der Waals surface area contributed by atoms with Crippen LogP contribution in [0.3, 0.4) is 0 Å². The first-order chi connectivity index (χ1) is 6.88. The summed E-state index contributed by atoms with van der Waals surface area (Å²) in [7, 11) is 0. The number of aromatic nitrogens is 3. The minimum Gasteiger partial charge on any atom is -0.308 e. The highest BCUT2D eigenvalue weighted by atomic mass is 15.6. The Bertz CT molecular complexity index is 312. The van der Waals surface area contributed by atoms with E-state index in [1.165, 1.54) is 0 Å². The van der Waals surface area contributed by atoms with Gasteiger partial charge in [0.15, 0.2) is 0 Å². The van der Waals surface area contributed by atoms with Gasteiger partial charge in [0.2, 0.25) is 0 Å². The molecule has 0 atom stereocenters. The molecule has 0 saturated carbocycles. The fourth-order valence-corrected chi connectivity index (χ4v) is 1.04. The van der Waals surface area contributed by atoms with Gasteiger partial charge < -0.3 is 5.01 Å². The Morgan fingerprint density at radius 3 is 2.00 bits per heavy atom. The lowest BCUT2D eigenvalue weighted by Crippen LogP contribution is -2.35. The molecule has 72 valence electrons. The topological polar surface area (TPSA) is 81.5 Å². The lowest BCUT2D eigenvalue weighted by Gasteiger charge is -2.22. The van der Waals surface area contributed by atoms with Gasteiger partial charge in [-0.1, -0.05) is 0 Å². The quantitative estimate of drug-likeness (QED) is 0.654. The Labute approximate surface area is 82.0 Å². The first-order valence-electron chi connectivity index (χ1n) is 4.22. The zero-order chi connectivity index (χ0) is 10.2. The average molecular weight is 190 g/mol. The van der Waals surface area contributed by atoms with E-state index >= 15 is 0 Å². The van der Waals surface area contributed by atoms with Gasteiger partial charge in [0.05, 0.1) is 25.0 Å². The summed E-state index contributed by atoms with van der Waals surface area (Å²) in [5.74, 6) is 0. The Morgan fingerprint density at radius 1 is 1.07 bits per heavy atom. The van der Waals surface area contributed by atoms with Crippen LogP contribution in [0.5, 0.6) is 0 Å². The maximum Gasteiger partial charge on any atom is 0.139 e. The van der Waals surface area contributed by atoms with Gasteiger partial charge in [0, 0.05) is 13.1 Å². The fourth-order valence-electron chi connectivity index (χ4n) is 1.04. The molecule has 0 amide bonds. The zero-order valence-corrected chi connectivity index (χ0v) is 7.67. The molecule has 1 rings (SSSR count). The van der Waals surface area contributed by atoms with Crippen molar-refractivity contribution in [1.82, 2.24) is 14.9 Å². The first kappa shape index (κ1) is 10.0. The molecule has 0 aliphatic heterocycles. The summed E-state index contributed by atoms with van der Waals surface area (Å²) in [5.41, 5.74) is 0.